The van der Waals surface area contributed by atoms with Gasteiger partial charge in [0.2, 0.25) is 0 Å². The van der Waals surface area contributed by atoms with Gasteiger partial charge >= 0.3 is 5.97 Å². The van der Waals surface area contributed by atoms with Crippen molar-refractivity contribution in [3.63, 3.8) is 0 Å². The highest BCUT2D eigenvalue weighted by atomic mass is 32.1. The number of nitrogens with zero attached hydrogens (tertiary/aromatic N) is 3. The molecule has 0 aliphatic rings. The first-order chi connectivity index (χ1) is 20.1. The molecule has 7 nitrogen and oxygen atoms in total. The van der Waals surface area contributed by atoms with Gasteiger partial charge in [-0.25, -0.2) is 19.7 Å². The van der Waals surface area contributed by atoms with Crippen molar-refractivity contribution in [2.75, 3.05) is 5.32 Å². The first-order valence-electron chi connectivity index (χ1n) is 13.0. The second-order valence-corrected chi connectivity index (χ2v) is 11.0. The van der Waals surface area contributed by atoms with E-state index in [1.165, 1.54) is 11.3 Å². The minimum Gasteiger partial charge on any atom is -0.449 e. The van der Waals surface area contributed by atoms with Gasteiger partial charge in [-0.3, -0.25) is 10.1 Å². The summed E-state index contributed by atoms with van der Waals surface area (Å²) in [6, 6.07) is 28.7. The van der Waals surface area contributed by atoms with Crippen molar-refractivity contribution in [2.24, 2.45) is 0 Å². The molecule has 3 heterocycles. The van der Waals surface area contributed by atoms with Crippen LogP contribution in [-0.4, -0.2) is 32.9 Å². The van der Waals surface area contributed by atoms with Gasteiger partial charge < -0.3 is 4.74 Å². The Kier molecular flexibility index (Phi) is 7.62. The van der Waals surface area contributed by atoms with E-state index in [9.17, 15) is 9.59 Å². The molecule has 3 aromatic heterocycles. The van der Waals surface area contributed by atoms with Gasteiger partial charge in [0.1, 0.15) is 0 Å². The quantitative estimate of drug-likeness (QED) is 0.186. The van der Waals surface area contributed by atoms with Crippen LogP contribution in [0.4, 0.5) is 5.13 Å². The van der Waals surface area contributed by atoms with E-state index >= 15 is 0 Å². The van der Waals surface area contributed by atoms with E-state index in [-0.39, 0.29) is 0 Å². The van der Waals surface area contributed by atoms with Crippen LogP contribution in [0.1, 0.15) is 23.7 Å². The normalized spacial score (nSPS) is 11.7. The van der Waals surface area contributed by atoms with Gasteiger partial charge in [0.25, 0.3) is 5.91 Å². The highest BCUT2D eigenvalue weighted by Crippen LogP contribution is 2.31. The van der Waals surface area contributed by atoms with E-state index in [4.69, 9.17) is 14.7 Å². The molecule has 0 aliphatic carbocycles. The number of thiophene rings is 1. The highest BCUT2D eigenvalue weighted by molar-refractivity contribution is 7.16. The van der Waals surface area contributed by atoms with Crippen LogP contribution >= 0.6 is 22.7 Å². The maximum absolute atomic E-state index is 13.2. The van der Waals surface area contributed by atoms with E-state index in [1.807, 2.05) is 83.6 Å². The van der Waals surface area contributed by atoms with Crippen molar-refractivity contribution < 1.29 is 14.3 Å². The van der Waals surface area contributed by atoms with E-state index in [0.29, 0.717) is 33.8 Å². The van der Waals surface area contributed by atoms with Gasteiger partial charge in [0.15, 0.2) is 11.2 Å². The summed E-state index contributed by atoms with van der Waals surface area (Å²) in [6.45, 7) is 1.79. The van der Waals surface area contributed by atoms with Crippen LogP contribution in [0.25, 0.3) is 44.1 Å². The second kappa shape index (κ2) is 11.8. The summed E-state index contributed by atoms with van der Waals surface area (Å²) < 4.78 is 5.64. The lowest BCUT2D eigenvalue weighted by Gasteiger charge is -2.15. The number of ether oxygens (including phenoxy) is 1. The van der Waals surface area contributed by atoms with Gasteiger partial charge in [0, 0.05) is 16.5 Å². The molecule has 3 aromatic carbocycles. The third-order valence-electron chi connectivity index (χ3n) is 6.41. The molecule has 0 aliphatic heterocycles. The van der Waals surface area contributed by atoms with Gasteiger partial charge in [-0.05, 0) is 36.1 Å². The fourth-order valence-corrected chi connectivity index (χ4v) is 5.82. The number of rotatable bonds is 8. The number of fused-ring (bicyclic) bond motifs is 1. The van der Waals surface area contributed by atoms with Crippen LogP contribution in [0, 0.1) is 0 Å². The van der Waals surface area contributed by atoms with E-state index < -0.39 is 18.0 Å². The number of benzene rings is 3. The molecule has 1 unspecified atom stereocenters. The summed E-state index contributed by atoms with van der Waals surface area (Å²) in [6.07, 6.45) is -0.661. The van der Waals surface area contributed by atoms with Crippen LogP contribution in [0.5, 0.6) is 0 Å². The fraction of sp³-hybridized carbons (Fsp3) is 0.0938. The Morgan fingerprint density at radius 1 is 0.805 bits per heavy atom. The third kappa shape index (κ3) is 5.77. The van der Waals surface area contributed by atoms with Gasteiger partial charge in [0.05, 0.1) is 38.6 Å². The molecular formula is C32H24N4O3S2. The Hall–Kier alpha value is -4.73. The standard InChI is InChI=1S/C32H24N4O3S2/c1-2-26(30(37)36-32-35-25(19-41-32)27-14-9-17-40-27)39-31(38)22-15-16-23-24(18-22)34-29(21-12-7-4-8-13-21)28(33-23)20-10-5-3-6-11-20/h3-19,26H,2H2,1H3,(H,35,36,37). The van der Waals surface area contributed by atoms with Crippen LogP contribution in [0.3, 0.4) is 0 Å². The zero-order valence-electron chi connectivity index (χ0n) is 22.0. The van der Waals surface area contributed by atoms with Crippen molar-refractivity contribution in [1.29, 1.82) is 0 Å². The number of hydrogen-bond acceptors (Lipinski definition) is 8. The third-order valence-corrected chi connectivity index (χ3v) is 8.06. The van der Waals surface area contributed by atoms with E-state index in [0.717, 1.165) is 27.4 Å². The van der Waals surface area contributed by atoms with Gasteiger partial charge in [-0.15, -0.1) is 22.7 Å². The maximum Gasteiger partial charge on any atom is 0.338 e. The number of nitrogens with one attached hydrogen (secondary N) is 1. The monoisotopic (exact) mass is 576 g/mol. The molecule has 0 saturated heterocycles. The number of carbonyl (C=O) groups excluding carboxylic acids is 2. The average molecular weight is 577 g/mol. The first kappa shape index (κ1) is 26.5. The number of aromatic nitrogens is 3. The van der Waals surface area contributed by atoms with Gasteiger partial charge in [-0.2, -0.15) is 0 Å². The van der Waals surface area contributed by atoms with Crippen LogP contribution in [0.2, 0.25) is 0 Å². The molecule has 41 heavy (non-hydrogen) atoms. The number of esters is 1. The number of anilines is 1. The molecule has 6 aromatic rings. The molecule has 1 amide bonds. The molecule has 0 radical (unpaired) electrons. The van der Waals surface area contributed by atoms with E-state index in [2.05, 4.69) is 10.3 Å². The van der Waals surface area contributed by atoms with Crippen LogP contribution < -0.4 is 5.32 Å². The van der Waals surface area contributed by atoms with Gasteiger partial charge in [-0.1, -0.05) is 73.7 Å². The zero-order chi connectivity index (χ0) is 28.2. The van der Waals surface area contributed by atoms with Crippen molar-refractivity contribution in [1.82, 2.24) is 15.0 Å². The Morgan fingerprint density at radius 2 is 1.49 bits per heavy atom. The molecule has 1 atom stereocenters. The minimum absolute atomic E-state index is 0.291. The Morgan fingerprint density at radius 3 is 2.12 bits per heavy atom. The molecule has 0 saturated carbocycles. The Labute approximate surface area is 244 Å². The summed E-state index contributed by atoms with van der Waals surface area (Å²) in [5.74, 6) is -1.03. The lowest BCUT2D eigenvalue weighted by atomic mass is 10.0. The summed E-state index contributed by atoms with van der Waals surface area (Å²) in [4.78, 5) is 41.4. The lowest BCUT2D eigenvalue weighted by molar-refractivity contribution is -0.124. The van der Waals surface area contributed by atoms with Crippen molar-refractivity contribution in [3.8, 4) is 33.1 Å². The fourth-order valence-electron chi connectivity index (χ4n) is 4.35. The molecule has 6 rings (SSSR count). The van der Waals surface area contributed by atoms with Crippen molar-refractivity contribution in [3.05, 3.63) is 107 Å². The summed E-state index contributed by atoms with van der Waals surface area (Å²) in [7, 11) is 0. The van der Waals surface area contributed by atoms with Crippen molar-refractivity contribution in [2.45, 2.75) is 19.4 Å². The molecule has 0 fully saturated rings. The predicted molar refractivity (Wildman–Crippen MR) is 164 cm³/mol. The predicted octanol–water partition coefficient (Wildman–Crippen LogP) is 7.72. The highest BCUT2D eigenvalue weighted by Gasteiger charge is 2.24. The molecule has 0 spiro atoms. The largest absolute Gasteiger partial charge is 0.449 e. The van der Waals surface area contributed by atoms with Crippen LogP contribution in [-0.2, 0) is 9.53 Å². The number of thiazole rings is 1. The number of hydrogen-bond donors (Lipinski definition) is 1. The lowest BCUT2D eigenvalue weighted by Crippen LogP contribution is -2.32. The first-order valence-corrected chi connectivity index (χ1v) is 14.8. The minimum atomic E-state index is -0.973. The Balaban J connectivity index is 1.24. The second-order valence-electron chi connectivity index (χ2n) is 9.16. The SMILES string of the molecule is CCC(OC(=O)c1ccc2nc(-c3ccccc3)c(-c3ccccc3)nc2c1)C(=O)Nc1nc(-c2cccs2)cs1. The molecule has 202 valence electrons. The van der Waals surface area contributed by atoms with E-state index in [1.54, 1.807) is 36.5 Å². The topological polar surface area (TPSA) is 94.1 Å². The maximum atomic E-state index is 13.2. The summed E-state index contributed by atoms with van der Waals surface area (Å²) in [5, 5.41) is 7.10. The van der Waals surface area contributed by atoms with Crippen molar-refractivity contribution >= 4 is 50.7 Å². The number of carbonyl (C=O) groups is 2. The number of amides is 1. The Bertz CT molecular complexity index is 1820. The van der Waals surface area contributed by atoms with Crippen LogP contribution in [0.15, 0.2) is 102 Å². The summed E-state index contributed by atoms with van der Waals surface area (Å²) in [5.41, 5.74) is 5.63. The summed E-state index contributed by atoms with van der Waals surface area (Å²) >= 11 is 2.90. The zero-order valence-corrected chi connectivity index (χ0v) is 23.6. The average Bonchev–Trinajstić information content (AvgIpc) is 3.72. The molecule has 9 heteroatoms. The molecule has 1 N–H and O–H groups in total. The smallest absolute Gasteiger partial charge is 0.338 e. The molecule has 0 bridgehead atoms. The molecular weight excluding hydrogens is 553 g/mol.